The Kier molecular flexibility index (Phi) is 5.30. The van der Waals surface area contributed by atoms with Gasteiger partial charge in [-0.2, -0.15) is 0 Å². The van der Waals surface area contributed by atoms with Crippen molar-refractivity contribution in [3.05, 3.63) is 46.0 Å². The minimum absolute atomic E-state index is 0.0920. The molecule has 3 heterocycles. The molecule has 2 aromatic heterocycles. The largest absolute Gasteiger partial charge is 0.458 e. The first-order valence-electron chi connectivity index (χ1n) is 10.8. The molecule has 0 bridgehead atoms. The summed E-state index contributed by atoms with van der Waals surface area (Å²) in [6.45, 7) is 7.42. The first-order chi connectivity index (χ1) is 15.0. The lowest BCUT2D eigenvalue weighted by atomic mass is 9.64. The smallest absolute Gasteiger partial charge is 0.326 e. The lowest BCUT2D eigenvalue weighted by molar-refractivity contribution is -0.149. The molecule has 170 valence electrons. The molecule has 3 amide bonds. The van der Waals surface area contributed by atoms with Gasteiger partial charge in [-0.1, -0.05) is 20.8 Å². The highest BCUT2D eigenvalue weighted by Gasteiger charge is 2.56. The topological polar surface area (TPSA) is 110 Å². The van der Waals surface area contributed by atoms with Gasteiger partial charge in [0.05, 0.1) is 5.69 Å². The molecule has 2 fully saturated rings. The summed E-state index contributed by atoms with van der Waals surface area (Å²) < 4.78 is 6.64. The van der Waals surface area contributed by atoms with Crippen molar-refractivity contribution in [3.8, 4) is 0 Å². The van der Waals surface area contributed by atoms with Gasteiger partial charge >= 0.3 is 12.0 Å². The number of amides is 3. The predicted octanol–water partition coefficient (Wildman–Crippen LogP) is 2.18. The fourth-order valence-corrected chi connectivity index (χ4v) is 5.31. The number of carbonyl (C=O) groups is 3. The maximum Gasteiger partial charge on any atom is 0.326 e. The average Bonchev–Trinajstić information content (AvgIpc) is 2.87. The van der Waals surface area contributed by atoms with Crippen LogP contribution in [0.5, 0.6) is 0 Å². The molecular formula is C23H28N4O5. The number of esters is 1. The lowest BCUT2D eigenvalue weighted by Crippen LogP contribution is -2.54. The summed E-state index contributed by atoms with van der Waals surface area (Å²) >= 11 is 0. The minimum Gasteiger partial charge on any atom is -0.458 e. The standard InChI is InChI=1S/C23H28N4O5/c1-14-5-6-26-17(7-14)24-16(8-18(26)28)12-32-19(29)11-27-20(30)23(25-21(27)31)10-15(2)9-22(3,4)13-23/h5-8,15H,9-13H2,1-4H3,(H,25,31). The number of rotatable bonds is 4. The van der Waals surface area contributed by atoms with E-state index in [0.29, 0.717) is 24.2 Å². The number of fused-ring (bicyclic) bond motifs is 1. The van der Waals surface area contributed by atoms with Crippen LogP contribution in [0.2, 0.25) is 0 Å². The van der Waals surface area contributed by atoms with Gasteiger partial charge < -0.3 is 10.1 Å². The van der Waals surface area contributed by atoms with Gasteiger partial charge in [0.1, 0.15) is 24.3 Å². The highest BCUT2D eigenvalue weighted by molar-refractivity contribution is 6.08. The molecule has 1 saturated heterocycles. The number of pyridine rings is 1. The second kappa shape index (κ2) is 7.72. The number of nitrogens with zero attached hydrogens (tertiary/aromatic N) is 3. The van der Waals surface area contributed by atoms with Crippen molar-refractivity contribution in [1.29, 1.82) is 0 Å². The van der Waals surface area contributed by atoms with E-state index in [-0.39, 0.29) is 29.4 Å². The Morgan fingerprint density at radius 3 is 2.72 bits per heavy atom. The zero-order chi connectivity index (χ0) is 23.3. The van der Waals surface area contributed by atoms with Crippen LogP contribution < -0.4 is 10.9 Å². The molecular weight excluding hydrogens is 412 g/mol. The monoisotopic (exact) mass is 440 g/mol. The number of hydrogen-bond donors (Lipinski definition) is 1. The fourth-order valence-electron chi connectivity index (χ4n) is 5.31. The number of urea groups is 1. The van der Waals surface area contributed by atoms with Crippen molar-refractivity contribution in [1.82, 2.24) is 19.6 Å². The third-order valence-corrected chi connectivity index (χ3v) is 6.17. The molecule has 4 rings (SSSR count). The second-order valence-electron chi connectivity index (χ2n) is 9.94. The number of imide groups is 1. The molecule has 1 saturated carbocycles. The van der Waals surface area contributed by atoms with E-state index in [1.807, 2.05) is 6.92 Å². The Labute approximate surface area is 185 Å². The average molecular weight is 441 g/mol. The summed E-state index contributed by atoms with van der Waals surface area (Å²) in [7, 11) is 0. The molecule has 0 aromatic carbocycles. The van der Waals surface area contributed by atoms with E-state index in [0.717, 1.165) is 16.9 Å². The van der Waals surface area contributed by atoms with Gasteiger partial charge in [-0.15, -0.1) is 0 Å². The maximum absolute atomic E-state index is 13.1. The van der Waals surface area contributed by atoms with Gasteiger partial charge in [0.15, 0.2) is 0 Å². The summed E-state index contributed by atoms with van der Waals surface area (Å²) in [5.74, 6) is -0.840. The van der Waals surface area contributed by atoms with Gasteiger partial charge in [0, 0.05) is 12.3 Å². The van der Waals surface area contributed by atoms with Gasteiger partial charge in [0.2, 0.25) is 0 Å². The molecule has 1 N–H and O–H groups in total. The van der Waals surface area contributed by atoms with Gasteiger partial charge in [0.25, 0.3) is 11.5 Å². The van der Waals surface area contributed by atoms with Crippen molar-refractivity contribution in [3.63, 3.8) is 0 Å². The van der Waals surface area contributed by atoms with E-state index in [2.05, 4.69) is 31.1 Å². The van der Waals surface area contributed by atoms with Crippen LogP contribution in [-0.4, -0.2) is 44.3 Å². The molecule has 9 heteroatoms. The molecule has 2 unspecified atom stereocenters. The Balaban J connectivity index is 1.43. The molecule has 2 aromatic rings. The van der Waals surface area contributed by atoms with E-state index in [9.17, 15) is 19.2 Å². The normalized spacial score (nSPS) is 24.8. The predicted molar refractivity (Wildman–Crippen MR) is 116 cm³/mol. The van der Waals surface area contributed by atoms with Crippen LogP contribution in [0.15, 0.2) is 29.2 Å². The van der Waals surface area contributed by atoms with Gasteiger partial charge in [-0.25, -0.2) is 9.78 Å². The van der Waals surface area contributed by atoms with Gasteiger partial charge in [-0.05, 0) is 55.2 Å². The fraction of sp³-hybridized carbons (Fsp3) is 0.522. The number of hydrogen-bond acceptors (Lipinski definition) is 6. The van der Waals surface area contributed by atoms with Crippen molar-refractivity contribution in [2.24, 2.45) is 11.3 Å². The Morgan fingerprint density at radius 2 is 2.00 bits per heavy atom. The molecule has 32 heavy (non-hydrogen) atoms. The molecule has 2 aliphatic rings. The highest BCUT2D eigenvalue weighted by Crippen LogP contribution is 2.46. The Bertz CT molecular complexity index is 1170. The summed E-state index contributed by atoms with van der Waals surface area (Å²) in [6, 6.07) is 4.28. The van der Waals surface area contributed by atoms with Crippen LogP contribution in [-0.2, 0) is 20.9 Å². The van der Waals surface area contributed by atoms with Crippen LogP contribution in [0.4, 0.5) is 4.79 Å². The van der Waals surface area contributed by atoms with Crippen molar-refractivity contribution in [2.75, 3.05) is 6.54 Å². The van der Waals surface area contributed by atoms with Gasteiger partial charge in [-0.3, -0.25) is 23.7 Å². The summed E-state index contributed by atoms with van der Waals surface area (Å²) in [5, 5.41) is 2.84. The third kappa shape index (κ3) is 4.11. The van der Waals surface area contributed by atoms with E-state index < -0.39 is 24.1 Å². The van der Waals surface area contributed by atoms with Crippen molar-refractivity contribution >= 4 is 23.6 Å². The molecule has 1 aliphatic carbocycles. The molecule has 2 atom stereocenters. The summed E-state index contributed by atoms with van der Waals surface area (Å²) in [5.41, 5.74) is 0.347. The molecule has 1 spiro atoms. The van der Waals surface area contributed by atoms with Crippen LogP contribution >= 0.6 is 0 Å². The van der Waals surface area contributed by atoms with Crippen LogP contribution in [0, 0.1) is 18.3 Å². The summed E-state index contributed by atoms with van der Waals surface area (Å²) in [6.07, 6.45) is 3.69. The van der Waals surface area contributed by atoms with Crippen LogP contribution in [0.3, 0.4) is 0 Å². The number of aromatic nitrogens is 2. The lowest BCUT2D eigenvalue weighted by Gasteiger charge is -2.43. The molecule has 0 radical (unpaired) electrons. The number of carbonyl (C=O) groups excluding carboxylic acids is 3. The van der Waals surface area contributed by atoms with Crippen LogP contribution in [0.25, 0.3) is 5.65 Å². The van der Waals surface area contributed by atoms with E-state index in [4.69, 9.17) is 4.74 Å². The van der Waals surface area contributed by atoms with E-state index in [1.165, 1.54) is 10.5 Å². The zero-order valence-corrected chi connectivity index (χ0v) is 18.8. The molecule has 1 aliphatic heterocycles. The number of nitrogens with one attached hydrogen (secondary N) is 1. The van der Waals surface area contributed by atoms with Crippen molar-refractivity contribution in [2.45, 2.75) is 59.1 Å². The second-order valence-corrected chi connectivity index (χ2v) is 9.94. The number of aryl methyl sites for hydroxylation is 1. The SMILES string of the molecule is Cc1ccn2c(=O)cc(COC(=O)CN3C(=O)NC4(CC(C)CC(C)(C)C4)C3=O)nc2c1. The van der Waals surface area contributed by atoms with E-state index >= 15 is 0 Å². The Hall–Kier alpha value is -3.23. The first-order valence-corrected chi connectivity index (χ1v) is 10.8. The minimum atomic E-state index is -0.967. The number of ether oxygens (including phenoxy) is 1. The molecule has 9 nitrogen and oxygen atoms in total. The van der Waals surface area contributed by atoms with Crippen LogP contribution in [0.1, 0.15) is 51.3 Å². The third-order valence-electron chi connectivity index (χ3n) is 6.17. The first kappa shape index (κ1) is 22.0. The maximum atomic E-state index is 13.1. The summed E-state index contributed by atoms with van der Waals surface area (Å²) in [4.78, 5) is 55.6. The zero-order valence-electron chi connectivity index (χ0n) is 18.8. The Morgan fingerprint density at radius 1 is 1.25 bits per heavy atom. The highest BCUT2D eigenvalue weighted by atomic mass is 16.5. The van der Waals surface area contributed by atoms with Crippen molar-refractivity contribution < 1.29 is 19.1 Å². The quantitative estimate of drug-likeness (QED) is 0.576. The van der Waals surface area contributed by atoms with E-state index in [1.54, 1.807) is 18.3 Å².